The summed E-state index contributed by atoms with van der Waals surface area (Å²) in [6.07, 6.45) is 5.28. The van der Waals surface area contributed by atoms with Crippen LogP contribution in [0.1, 0.15) is 44.9 Å². The molecule has 0 radical (unpaired) electrons. The molecule has 0 atom stereocenters. The SMILES string of the molecule is CC(C)c1nc(S(=O)(=O)Cl)cn1CC1CCC1. The van der Waals surface area contributed by atoms with Gasteiger partial charge >= 0.3 is 0 Å². The summed E-state index contributed by atoms with van der Waals surface area (Å²) in [6, 6.07) is 0. The van der Waals surface area contributed by atoms with Crippen LogP contribution in [-0.4, -0.2) is 18.0 Å². The molecule has 0 saturated heterocycles. The first-order chi connectivity index (χ1) is 7.88. The van der Waals surface area contributed by atoms with Crippen LogP contribution in [0.4, 0.5) is 0 Å². The van der Waals surface area contributed by atoms with Gasteiger partial charge in [0.2, 0.25) is 0 Å². The predicted molar refractivity (Wildman–Crippen MR) is 66.7 cm³/mol. The van der Waals surface area contributed by atoms with Crippen LogP contribution in [0.25, 0.3) is 0 Å². The summed E-state index contributed by atoms with van der Waals surface area (Å²) in [6.45, 7) is 4.86. The lowest BCUT2D eigenvalue weighted by Gasteiger charge is -2.26. The predicted octanol–water partition coefficient (Wildman–Crippen LogP) is 2.73. The first-order valence-corrected chi connectivity index (χ1v) is 8.20. The van der Waals surface area contributed by atoms with Gasteiger partial charge in [0.1, 0.15) is 5.82 Å². The third kappa shape index (κ3) is 2.83. The van der Waals surface area contributed by atoms with Crippen LogP contribution in [0.2, 0.25) is 0 Å². The fourth-order valence-electron chi connectivity index (χ4n) is 2.08. The fraction of sp³-hybridized carbons (Fsp3) is 0.727. The summed E-state index contributed by atoms with van der Waals surface area (Å²) in [5.41, 5.74) is 0. The van der Waals surface area contributed by atoms with Crippen LogP contribution >= 0.6 is 10.7 Å². The van der Waals surface area contributed by atoms with E-state index in [9.17, 15) is 8.42 Å². The molecule has 1 aliphatic carbocycles. The molecule has 6 heteroatoms. The summed E-state index contributed by atoms with van der Waals surface area (Å²) >= 11 is 0. The monoisotopic (exact) mass is 276 g/mol. The topological polar surface area (TPSA) is 52.0 Å². The maximum atomic E-state index is 11.3. The minimum Gasteiger partial charge on any atom is -0.333 e. The fourth-order valence-corrected chi connectivity index (χ4v) is 2.76. The van der Waals surface area contributed by atoms with E-state index in [0.29, 0.717) is 5.92 Å². The van der Waals surface area contributed by atoms with E-state index in [4.69, 9.17) is 10.7 Å². The third-order valence-electron chi connectivity index (χ3n) is 3.23. The molecular formula is C11H17ClN2O2S. The van der Waals surface area contributed by atoms with E-state index < -0.39 is 9.05 Å². The molecule has 0 amide bonds. The van der Waals surface area contributed by atoms with Gasteiger partial charge in [-0.1, -0.05) is 20.3 Å². The molecule has 2 rings (SSSR count). The average Bonchev–Trinajstić information content (AvgIpc) is 2.54. The molecule has 17 heavy (non-hydrogen) atoms. The first-order valence-electron chi connectivity index (χ1n) is 5.89. The second-order valence-electron chi connectivity index (χ2n) is 4.98. The largest absolute Gasteiger partial charge is 0.333 e. The number of rotatable bonds is 4. The summed E-state index contributed by atoms with van der Waals surface area (Å²) < 4.78 is 24.5. The highest BCUT2D eigenvalue weighted by Gasteiger charge is 2.23. The Morgan fingerprint density at radius 2 is 2.18 bits per heavy atom. The number of hydrogen-bond donors (Lipinski definition) is 0. The lowest BCUT2D eigenvalue weighted by atomic mass is 9.85. The number of halogens is 1. The van der Waals surface area contributed by atoms with E-state index in [1.165, 1.54) is 19.3 Å². The van der Waals surface area contributed by atoms with Crippen molar-refractivity contribution in [1.82, 2.24) is 9.55 Å². The van der Waals surface area contributed by atoms with E-state index in [1.54, 1.807) is 6.20 Å². The zero-order valence-electron chi connectivity index (χ0n) is 10.1. The minimum atomic E-state index is -3.72. The second kappa shape index (κ2) is 4.61. The molecule has 1 saturated carbocycles. The van der Waals surface area contributed by atoms with Gasteiger partial charge in [-0.25, -0.2) is 13.4 Å². The molecule has 1 heterocycles. The van der Waals surface area contributed by atoms with Gasteiger partial charge in [-0.15, -0.1) is 0 Å². The molecular weight excluding hydrogens is 260 g/mol. The number of nitrogens with zero attached hydrogens (tertiary/aromatic N) is 2. The molecule has 0 unspecified atom stereocenters. The maximum absolute atomic E-state index is 11.3. The van der Waals surface area contributed by atoms with Crippen LogP contribution < -0.4 is 0 Å². The Bertz CT molecular complexity index is 504. The van der Waals surface area contributed by atoms with Gasteiger partial charge in [0, 0.05) is 29.3 Å². The van der Waals surface area contributed by atoms with Gasteiger partial charge in [0.15, 0.2) is 5.03 Å². The Morgan fingerprint density at radius 3 is 2.59 bits per heavy atom. The molecule has 1 aromatic heterocycles. The molecule has 1 fully saturated rings. The van der Waals surface area contributed by atoms with Crippen LogP contribution in [0.3, 0.4) is 0 Å². The van der Waals surface area contributed by atoms with Crippen molar-refractivity contribution in [3.05, 3.63) is 12.0 Å². The molecule has 0 aromatic carbocycles. The zero-order valence-corrected chi connectivity index (χ0v) is 11.6. The summed E-state index contributed by atoms with van der Waals surface area (Å²) in [7, 11) is 1.61. The molecule has 96 valence electrons. The van der Waals surface area contributed by atoms with Gasteiger partial charge in [-0.3, -0.25) is 0 Å². The molecule has 0 aliphatic heterocycles. The Kier molecular flexibility index (Phi) is 3.50. The van der Waals surface area contributed by atoms with Gasteiger partial charge in [0.25, 0.3) is 9.05 Å². The van der Waals surface area contributed by atoms with Crippen LogP contribution in [-0.2, 0) is 15.6 Å². The highest BCUT2D eigenvalue weighted by molar-refractivity contribution is 8.13. The van der Waals surface area contributed by atoms with E-state index in [2.05, 4.69) is 4.98 Å². The first kappa shape index (κ1) is 12.9. The van der Waals surface area contributed by atoms with Crippen LogP contribution in [0.15, 0.2) is 11.2 Å². The molecule has 0 N–H and O–H groups in total. The van der Waals surface area contributed by atoms with Crippen molar-refractivity contribution in [2.45, 2.75) is 50.6 Å². The Hall–Kier alpha value is -0.550. The Morgan fingerprint density at radius 1 is 1.53 bits per heavy atom. The van der Waals surface area contributed by atoms with Gasteiger partial charge in [0.05, 0.1) is 0 Å². The van der Waals surface area contributed by atoms with Crippen molar-refractivity contribution < 1.29 is 8.42 Å². The molecule has 1 aliphatic rings. The molecule has 1 aromatic rings. The Labute approximate surface area is 106 Å². The van der Waals surface area contributed by atoms with Crippen LogP contribution in [0.5, 0.6) is 0 Å². The minimum absolute atomic E-state index is 0.0257. The summed E-state index contributed by atoms with van der Waals surface area (Å²) in [5, 5.41) is -0.0257. The molecule has 4 nitrogen and oxygen atoms in total. The average molecular weight is 277 g/mol. The summed E-state index contributed by atoms with van der Waals surface area (Å²) in [5.74, 6) is 1.66. The van der Waals surface area contributed by atoms with Crippen molar-refractivity contribution in [3.8, 4) is 0 Å². The van der Waals surface area contributed by atoms with E-state index >= 15 is 0 Å². The highest BCUT2D eigenvalue weighted by atomic mass is 35.7. The normalized spacial score (nSPS) is 17.4. The van der Waals surface area contributed by atoms with Gasteiger partial charge in [-0.05, 0) is 18.8 Å². The quantitative estimate of drug-likeness (QED) is 0.795. The van der Waals surface area contributed by atoms with Crippen molar-refractivity contribution in [3.63, 3.8) is 0 Å². The highest BCUT2D eigenvalue weighted by Crippen LogP contribution is 2.30. The second-order valence-corrected chi connectivity index (χ2v) is 7.49. The van der Waals surface area contributed by atoms with E-state index in [1.807, 2.05) is 18.4 Å². The maximum Gasteiger partial charge on any atom is 0.280 e. The van der Waals surface area contributed by atoms with Crippen molar-refractivity contribution in [2.75, 3.05) is 0 Å². The van der Waals surface area contributed by atoms with Crippen LogP contribution in [0, 0.1) is 5.92 Å². The van der Waals surface area contributed by atoms with Crippen molar-refractivity contribution >= 4 is 19.7 Å². The van der Waals surface area contributed by atoms with Gasteiger partial charge in [-0.2, -0.15) is 0 Å². The molecule has 0 bridgehead atoms. The number of aromatic nitrogens is 2. The standard InChI is InChI=1S/C11H17ClN2O2S/c1-8(2)11-13-10(17(12,15)16)7-14(11)6-9-4-3-5-9/h7-9H,3-6H2,1-2H3. The van der Waals surface area contributed by atoms with Crippen molar-refractivity contribution in [2.24, 2.45) is 5.92 Å². The zero-order chi connectivity index (χ0) is 12.6. The van der Waals surface area contributed by atoms with Crippen molar-refractivity contribution in [1.29, 1.82) is 0 Å². The smallest absolute Gasteiger partial charge is 0.280 e. The number of imidazole rings is 1. The molecule has 0 spiro atoms. The summed E-state index contributed by atoms with van der Waals surface area (Å²) in [4.78, 5) is 4.14. The van der Waals surface area contributed by atoms with E-state index in [-0.39, 0.29) is 10.9 Å². The van der Waals surface area contributed by atoms with E-state index in [0.717, 1.165) is 12.4 Å². The third-order valence-corrected chi connectivity index (χ3v) is 4.40. The lowest BCUT2D eigenvalue weighted by Crippen LogP contribution is -2.19. The Balaban J connectivity index is 2.31. The number of hydrogen-bond acceptors (Lipinski definition) is 3. The van der Waals surface area contributed by atoms with Gasteiger partial charge < -0.3 is 4.57 Å². The lowest BCUT2D eigenvalue weighted by molar-refractivity contribution is 0.272.